The van der Waals surface area contributed by atoms with E-state index in [0.29, 0.717) is 10.2 Å². The molecule has 0 spiro atoms. The van der Waals surface area contributed by atoms with E-state index in [2.05, 4.69) is 9.97 Å². The van der Waals surface area contributed by atoms with Crippen molar-refractivity contribution in [3.05, 3.63) is 42.0 Å². The number of halogens is 3. The zero-order valence-corrected chi connectivity index (χ0v) is 13.5. The first-order chi connectivity index (χ1) is 11.9. The minimum Gasteiger partial charge on any atom is -0.467 e. The highest BCUT2D eigenvalue weighted by atomic mass is 32.1. The monoisotopic (exact) mass is 367 g/mol. The van der Waals surface area contributed by atoms with Crippen molar-refractivity contribution < 1.29 is 22.7 Å². The molecule has 0 aliphatic heterocycles. The Morgan fingerprint density at radius 3 is 2.68 bits per heavy atom. The van der Waals surface area contributed by atoms with Gasteiger partial charge in [0.1, 0.15) is 17.7 Å². The summed E-state index contributed by atoms with van der Waals surface area (Å²) in [4.78, 5) is 20.4. The Balaban J connectivity index is 1.80. The number of alkyl halides is 3. The predicted molar refractivity (Wildman–Crippen MR) is 87.4 cm³/mol. The molecule has 3 rings (SSSR count). The molecule has 1 N–H and O–H groups in total. The molecular formula is C16H12F3N3O2S. The average Bonchev–Trinajstić information content (AvgIpc) is 3.03. The largest absolute Gasteiger partial charge is 0.467 e. The summed E-state index contributed by atoms with van der Waals surface area (Å²) in [6.07, 6.45) is -3.18. The number of carbonyl (C=O) groups is 1. The molecular weight excluding hydrogens is 355 g/mol. The SMILES string of the molecule is O=C(COc1ncnc2scc(-c3ccccc3)c12)NCC(F)(F)F. The second-order valence-electron chi connectivity index (χ2n) is 5.05. The lowest BCUT2D eigenvalue weighted by molar-refractivity contribution is -0.139. The second-order valence-corrected chi connectivity index (χ2v) is 5.91. The van der Waals surface area contributed by atoms with Crippen LogP contribution in [0.3, 0.4) is 0 Å². The predicted octanol–water partition coefficient (Wildman–Crippen LogP) is 3.42. The number of thiophene rings is 1. The highest BCUT2D eigenvalue weighted by molar-refractivity contribution is 7.17. The van der Waals surface area contributed by atoms with Crippen molar-refractivity contribution in [2.45, 2.75) is 6.18 Å². The molecule has 1 amide bonds. The molecule has 2 aromatic heterocycles. The van der Waals surface area contributed by atoms with Crippen molar-refractivity contribution in [3.63, 3.8) is 0 Å². The summed E-state index contributed by atoms with van der Waals surface area (Å²) in [7, 11) is 0. The van der Waals surface area contributed by atoms with Crippen molar-refractivity contribution >= 4 is 27.5 Å². The number of aromatic nitrogens is 2. The lowest BCUT2D eigenvalue weighted by Crippen LogP contribution is -2.36. The second kappa shape index (κ2) is 7.06. The van der Waals surface area contributed by atoms with Crippen LogP contribution in [0, 0.1) is 0 Å². The highest BCUT2D eigenvalue weighted by Crippen LogP contribution is 2.37. The zero-order valence-electron chi connectivity index (χ0n) is 12.7. The lowest BCUT2D eigenvalue weighted by Gasteiger charge is -2.10. The Hall–Kier alpha value is -2.68. The van der Waals surface area contributed by atoms with Crippen molar-refractivity contribution in [2.75, 3.05) is 13.2 Å². The van der Waals surface area contributed by atoms with E-state index in [1.54, 1.807) is 5.32 Å². The van der Waals surface area contributed by atoms with Crippen LogP contribution in [-0.2, 0) is 4.79 Å². The summed E-state index contributed by atoms with van der Waals surface area (Å²) in [6.45, 7) is -1.96. The van der Waals surface area contributed by atoms with Gasteiger partial charge in [0.2, 0.25) is 5.88 Å². The molecule has 3 aromatic rings. The van der Waals surface area contributed by atoms with Gasteiger partial charge in [0, 0.05) is 10.9 Å². The fourth-order valence-electron chi connectivity index (χ4n) is 2.17. The van der Waals surface area contributed by atoms with E-state index in [0.717, 1.165) is 11.1 Å². The van der Waals surface area contributed by atoms with Crippen LogP contribution < -0.4 is 10.1 Å². The number of fused-ring (bicyclic) bond motifs is 1. The maximum Gasteiger partial charge on any atom is 0.405 e. The number of nitrogens with one attached hydrogen (secondary N) is 1. The van der Waals surface area contributed by atoms with E-state index in [1.807, 2.05) is 35.7 Å². The van der Waals surface area contributed by atoms with E-state index in [9.17, 15) is 18.0 Å². The minimum atomic E-state index is -4.47. The first-order valence-electron chi connectivity index (χ1n) is 7.18. The molecule has 0 aliphatic carbocycles. The molecule has 2 heterocycles. The summed E-state index contributed by atoms with van der Waals surface area (Å²) in [6, 6.07) is 9.47. The van der Waals surface area contributed by atoms with Gasteiger partial charge in [-0.2, -0.15) is 13.2 Å². The number of benzene rings is 1. The van der Waals surface area contributed by atoms with E-state index in [4.69, 9.17) is 4.74 Å². The summed E-state index contributed by atoms with van der Waals surface area (Å²) >= 11 is 1.39. The Morgan fingerprint density at radius 2 is 1.96 bits per heavy atom. The molecule has 130 valence electrons. The van der Waals surface area contributed by atoms with Gasteiger partial charge in [0.25, 0.3) is 5.91 Å². The minimum absolute atomic E-state index is 0.160. The van der Waals surface area contributed by atoms with Crippen LogP contribution in [0.4, 0.5) is 13.2 Å². The Morgan fingerprint density at radius 1 is 1.20 bits per heavy atom. The van der Waals surface area contributed by atoms with Gasteiger partial charge >= 0.3 is 6.18 Å². The number of nitrogens with zero attached hydrogens (tertiary/aromatic N) is 2. The lowest BCUT2D eigenvalue weighted by atomic mass is 10.1. The molecule has 0 bridgehead atoms. The van der Waals surface area contributed by atoms with Gasteiger partial charge in [-0.25, -0.2) is 9.97 Å². The molecule has 5 nitrogen and oxygen atoms in total. The molecule has 0 saturated heterocycles. The Kier molecular flexibility index (Phi) is 4.84. The smallest absolute Gasteiger partial charge is 0.405 e. The topological polar surface area (TPSA) is 64.1 Å². The van der Waals surface area contributed by atoms with E-state index >= 15 is 0 Å². The fourth-order valence-corrected chi connectivity index (χ4v) is 3.08. The maximum atomic E-state index is 12.1. The van der Waals surface area contributed by atoms with Crippen molar-refractivity contribution in [1.29, 1.82) is 0 Å². The standard InChI is InChI=1S/C16H12F3N3O2S/c17-16(18,19)8-20-12(23)6-24-14-13-11(10-4-2-1-3-5-10)7-25-15(13)22-9-21-14/h1-5,7,9H,6,8H2,(H,20,23). The number of hydrogen-bond donors (Lipinski definition) is 1. The number of ether oxygens (including phenoxy) is 1. The van der Waals surface area contributed by atoms with Crippen LogP contribution in [0.1, 0.15) is 0 Å². The first-order valence-corrected chi connectivity index (χ1v) is 8.06. The van der Waals surface area contributed by atoms with Crippen LogP contribution in [0.25, 0.3) is 21.3 Å². The van der Waals surface area contributed by atoms with Gasteiger partial charge in [0.15, 0.2) is 6.61 Å². The fraction of sp³-hybridized carbons (Fsp3) is 0.188. The first kappa shape index (κ1) is 17.2. The Labute approximate surface area is 144 Å². The normalized spacial score (nSPS) is 11.5. The summed E-state index contributed by atoms with van der Waals surface area (Å²) in [5.41, 5.74) is 1.77. The van der Waals surface area contributed by atoms with Gasteiger partial charge in [-0.05, 0) is 5.56 Å². The molecule has 25 heavy (non-hydrogen) atoms. The van der Waals surface area contributed by atoms with Crippen molar-refractivity contribution in [3.8, 4) is 17.0 Å². The van der Waals surface area contributed by atoms with Gasteiger partial charge in [-0.15, -0.1) is 11.3 Å². The highest BCUT2D eigenvalue weighted by Gasteiger charge is 2.27. The number of amides is 1. The zero-order chi connectivity index (χ0) is 17.9. The Bertz CT molecular complexity index is 881. The van der Waals surface area contributed by atoms with Crippen LogP contribution in [0.5, 0.6) is 5.88 Å². The van der Waals surface area contributed by atoms with Crippen molar-refractivity contribution in [2.24, 2.45) is 0 Å². The molecule has 0 atom stereocenters. The molecule has 0 radical (unpaired) electrons. The summed E-state index contributed by atoms with van der Waals surface area (Å²) in [5, 5.41) is 4.27. The van der Waals surface area contributed by atoms with Crippen LogP contribution in [0.2, 0.25) is 0 Å². The molecule has 9 heteroatoms. The van der Waals surface area contributed by atoms with E-state index in [1.165, 1.54) is 17.7 Å². The van der Waals surface area contributed by atoms with Gasteiger partial charge in [-0.3, -0.25) is 4.79 Å². The molecule has 0 unspecified atom stereocenters. The molecule has 1 aromatic carbocycles. The number of rotatable bonds is 5. The average molecular weight is 367 g/mol. The maximum absolute atomic E-state index is 12.1. The van der Waals surface area contributed by atoms with E-state index < -0.39 is 25.2 Å². The summed E-state index contributed by atoms with van der Waals surface area (Å²) < 4.78 is 41.7. The van der Waals surface area contributed by atoms with Gasteiger partial charge in [0.05, 0.1) is 5.39 Å². The third-order valence-electron chi connectivity index (χ3n) is 3.25. The summed E-state index contributed by atoms with van der Waals surface area (Å²) in [5.74, 6) is -0.715. The van der Waals surface area contributed by atoms with E-state index in [-0.39, 0.29) is 5.88 Å². The molecule has 0 saturated carbocycles. The number of hydrogen-bond acceptors (Lipinski definition) is 5. The third kappa shape index (κ3) is 4.24. The van der Waals surface area contributed by atoms with Gasteiger partial charge in [-0.1, -0.05) is 30.3 Å². The van der Waals surface area contributed by atoms with Gasteiger partial charge < -0.3 is 10.1 Å². The molecule has 0 aliphatic rings. The van der Waals surface area contributed by atoms with Crippen molar-refractivity contribution in [1.82, 2.24) is 15.3 Å². The molecule has 0 fully saturated rings. The van der Waals surface area contributed by atoms with Crippen LogP contribution in [0.15, 0.2) is 42.0 Å². The number of carbonyl (C=O) groups excluding carboxylic acids is 1. The van der Waals surface area contributed by atoms with Crippen LogP contribution >= 0.6 is 11.3 Å². The quantitative estimate of drug-likeness (QED) is 0.751. The van der Waals surface area contributed by atoms with Crippen LogP contribution in [-0.4, -0.2) is 35.2 Å². The third-order valence-corrected chi connectivity index (χ3v) is 4.13.